The molecule has 0 N–H and O–H groups in total. The lowest BCUT2D eigenvalue weighted by Crippen LogP contribution is -2.17. The van der Waals surface area contributed by atoms with Crippen LogP contribution in [-0.2, 0) is 5.41 Å². The number of nitrogens with zero attached hydrogens (tertiary/aromatic N) is 1. The molecule has 0 fully saturated rings. The normalized spacial score (nSPS) is 12.9. The van der Waals surface area contributed by atoms with Gasteiger partial charge in [0.2, 0.25) is 0 Å². The van der Waals surface area contributed by atoms with Gasteiger partial charge in [0.05, 0.1) is 5.69 Å². The molecular weight excluding hydrogens is 691 g/mol. The maximum atomic E-state index is 6.22. The van der Waals surface area contributed by atoms with Crippen molar-refractivity contribution in [3.05, 3.63) is 211 Å². The topological polar surface area (TPSA) is 16.4 Å². The summed E-state index contributed by atoms with van der Waals surface area (Å²) in [6.45, 7) is 4.72. The second kappa shape index (κ2) is 13.0. The van der Waals surface area contributed by atoms with Crippen LogP contribution in [0, 0.1) is 0 Å². The minimum atomic E-state index is -0.148. The summed E-state index contributed by atoms with van der Waals surface area (Å²) in [5, 5.41) is 4.73. The largest absolute Gasteiger partial charge is 0.456 e. The Bertz CT molecular complexity index is 3160. The molecule has 270 valence electrons. The zero-order valence-corrected chi connectivity index (χ0v) is 31.9. The highest BCUT2D eigenvalue weighted by Crippen LogP contribution is 2.52. The number of hydrogen-bond donors (Lipinski definition) is 0. The third-order valence-electron chi connectivity index (χ3n) is 12.1. The van der Waals surface area contributed by atoms with Crippen LogP contribution in [0.5, 0.6) is 0 Å². The van der Waals surface area contributed by atoms with Crippen molar-refractivity contribution in [3.8, 4) is 44.5 Å². The second-order valence-corrected chi connectivity index (χ2v) is 15.7. The average Bonchev–Trinajstić information content (AvgIpc) is 3.75. The molecule has 0 aliphatic heterocycles. The Kier molecular flexibility index (Phi) is 7.55. The standard InChI is InChI=1S/C55H39NO/c1-55(2)50-24-10-8-21-46(50)47-30-28-42(35-51(47)55)56(41-19-12-18-38(32-41)39-27-31-54-49(33-39)48-22-9-11-25-53(48)57-54)52-34-40(26-29-45(52)37-14-4-3-5-15-37)44-23-13-17-36-16-6-7-20-43(36)44/h3-35H,1-2H3. The average molecular weight is 730 g/mol. The third kappa shape index (κ3) is 5.40. The molecule has 2 nitrogen and oxygen atoms in total. The van der Waals surface area contributed by atoms with E-state index in [1.165, 1.54) is 55.3 Å². The second-order valence-electron chi connectivity index (χ2n) is 15.7. The molecular formula is C55H39NO. The summed E-state index contributed by atoms with van der Waals surface area (Å²) in [5.74, 6) is 0. The van der Waals surface area contributed by atoms with Crippen LogP contribution in [0.2, 0.25) is 0 Å². The van der Waals surface area contributed by atoms with Crippen LogP contribution in [-0.4, -0.2) is 0 Å². The van der Waals surface area contributed by atoms with Gasteiger partial charge in [-0.05, 0) is 109 Å². The van der Waals surface area contributed by atoms with Gasteiger partial charge in [-0.25, -0.2) is 0 Å². The molecule has 1 aliphatic carbocycles. The summed E-state index contributed by atoms with van der Waals surface area (Å²) >= 11 is 0. The molecule has 1 aromatic heterocycles. The van der Waals surface area contributed by atoms with E-state index in [9.17, 15) is 0 Å². The van der Waals surface area contributed by atoms with Crippen molar-refractivity contribution < 1.29 is 4.42 Å². The van der Waals surface area contributed by atoms with Crippen molar-refractivity contribution in [2.75, 3.05) is 4.90 Å². The van der Waals surface area contributed by atoms with E-state index >= 15 is 0 Å². The summed E-state index contributed by atoms with van der Waals surface area (Å²) in [6, 6.07) is 72.9. The van der Waals surface area contributed by atoms with E-state index < -0.39 is 0 Å². The summed E-state index contributed by atoms with van der Waals surface area (Å²) in [4.78, 5) is 2.48. The number of para-hydroxylation sites is 1. The van der Waals surface area contributed by atoms with Gasteiger partial charge in [-0.1, -0.05) is 166 Å². The van der Waals surface area contributed by atoms with E-state index in [0.717, 1.165) is 50.1 Å². The van der Waals surface area contributed by atoms with Gasteiger partial charge in [-0.2, -0.15) is 0 Å². The van der Waals surface area contributed by atoms with E-state index in [1.807, 2.05) is 12.1 Å². The minimum absolute atomic E-state index is 0.148. The molecule has 0 saturated heterocycles. The van der Waals surface area contributed by atoms with E-state index in [-0.39, 0.29) is 5.41 Å². The lowest BCUT2D eigenvalue weighted by Gasteiger charge is -2.30. The Labute approximate surface area is 332 Å². The highest BCUT2D eigenvalue weighted by atomic mass is 16.3. The van der Waals surface area contributed by atoms with E-state index in [2.05, 4.69) is 207 Å². The fraction of sp³-hybridized carbons (Fsp3) is 0.0545. The zero-order valence-electron chi connectivity index (χ0n) is 31.9. The number of benzene rings is 9. The zero-order chi connectivity index (χ0) is 38.1. The summed E-state index contributed by atoms with van der Waals surface area (Å²) in [7, 11) is 0. The summed E-state index contributed by atoms with van der Waals surface area (Å²) in [5.41, 5.74) is 17.3. The van der Waals surface area contributed by atoms with Crippen LogP contribution in [0.4, 0.5) is 17.1 Å². The van der Waals surface area contributed by atoms with Crippen LogP contribution in [0.15, 0.2) is 205 Å². The maximum Gasteiger partial charge on any atom is 0.135 e. The molecule has 0 amide bonds. The Hall–Kier alpha value is -7.16. The molecule has 57 heavy (non-hydrogen) atoms. The van der Waals surface area contributed by atoms with Crippen LogP contribution in [0.3, 0.4) is 0 Å². The Morgan fingerprint density at radius 3 is 1.91 bits per heavy atom. The predicted octanol–water partition coefficient (Wildman–Crippen LogP) is 15.5. The van der Waals surface area contributed by atoms with Crippen molar-refractivity contribution in [2.45, 2.75) is 19.3 Å². The molecule has 0 radical (unpaired) electrons. The van der Waals surface area contributed by atoms with Gasteiger partial charge in [0.25, 0.3) is 0 Å². The molecule has 0 saturated carbocycles. The molecule has 10 aromatic rings. The number of hydrogen-bond acceptors (Lipinski definition) is 2. The lowest BCUT2D eigenvalue weighted by atomic mass is 9.82. The first-order valence-electron chi connectivity index (χ1n) is 19.8. The van der Waals surface area contributed by atoms with Crippen molar-refractivity contribution >= 4 is 49.8 Å². The van der Waals surface area contributed by atoms with Gasteiger partial charge in [-0.3, -0.25) is 0 Å². The Morgan fingerprint density at radius 1 is 0.368 bits per heavy atom. The molecule has 1 aliphatic rings. The summed E-state index contributed by atoms with van der Waals surface area (Å²) < 4.78 is 6.22. The summed E-state index contributed by atoms with van der Waals surface area (Å²) in [6.07, 6.45) is 0. The molecule has 0 unspecified atom stereocenters. The van der Waals surface area contributed by atoms with Crippen molar-refractivity contribution in [2.24, 2.45) is 0 Å². The van der Waals surface area contributed by atoms with Gasteiger partial charge in [0, 0.05) is 33.1 Å². The van der Waals surface area contributed by atoms with E-state index in [4.69, 9.17) is 4.42 Å². The minimum Gasteiger partial charge on any atom is -0.456 e. The van der Waals surface area contributed by atoms with Gasteiger partial charge in [0.1, 0.15) is 11.2 Å². The molecule has 9 aromatic carbocycles. The van der Waals surface area contributed by atoms with E-state index in [0.29, 0.717) is 0 Å². The van der Waals surface area contributed by atoms with Crippen LogP contribution < -0.4 is 4.90 Å². The Morgan fingerprint density at radius 2 is 1.00 bits per heavy atom. The van der Waals surface area contributed by atoms with Crippen molar-refractivity contribution in [3.63, 3.8) is 0 Å². The van der Waals surface area contributed by atoms with Crippen LogP contribution >= 0.6 is 0 Å². The first-order valence-corrected chi connectivity index (χ1v) is 19.8. The fourth-order valence-electron chi connectivity index (χ4n) is 9.21. The van der Waals surface area contributed by atoms with E-state index in [1.54, 1.807) is 0 Å². The predicted molar refractivity (Wildman–Crippen MR) is 240 cm³/mol. The first kappa shape index (κ1) is 33.2. The highest BCUT2D eigenvalue weighted by Gasteiger charge is 2.36. The maximum absolute atomic E-state index is 6.22. The number of rotatable bonds is 6. The van der Waals surface area contributed by atoms with Gasteiger partial charge in [0.15, 0.2) is 0 Å². The number of fused-ring (bicyclic) bond motifs is 7. The quantitative estimate of drug-likeness (QED) is 0.169. The van der Waals surface area contributed by atoms with Gasteiger partial charge < -0.3 is 9.32 Å². The fourth-order valence-corrected chi connectivity index (χ4v) is 9.21. The third-order valence-corrected chi connectivity index (χ3v) is 12.1. The molecule has 2 heteroatoms. The number of furan rings is 1. The number of anilines is 3. The van der Waals surface area contributed by atoms with Gasteiger partial charge in [-0.15, -0.1) is 0 Å². The van der Waals surface area contributed by atoms with Crippen molar-refractivity contribution in [1.29, 1.82) is 0 Å². The van der Waals surface area contributed by atoms with Crippen LogP contribution in [0.25, 0.3) is 77.2 Å². The smallest absolute Gasteiger partial charge is 0.135 e. The first-order chi connectivity index (χ1) is 28.0. The lowest BCUT2D eigenvalue weighted by molar-refractivity contribution is 0.660. The monoisotopic (exact) mass is 729 g/mol. The molecule has 0 spiro atoms. The SMILES string of the molecule is CC1(C)c2ccccc2-c2ccc(N(c3cccc(-c4ccc5oc6ccccc6c5c4)c3)c3cc(-c4cccc5ccccc45)ccc3-c3ccccc3)cc21. The molecule has 0 atom stereocenters. The van der Waals surface area contributed by atoms with Crippen molar-refractivity contribution in [1.82, 2.24) is 0 Å². The molecule has 11 rings (SSSR count). The van der Waals surface area contributed by atoms with Crippen LogP contribution in [0.1, 0.15) is 25.0 Å². The Balaban J connectivity index is 1.16. The highest BCUT2D eigenvalue weighted by molar-refractivity contribution is 6.06. The molecule has 1 heterocycles. The van der Waals surface area contributed by atoms with Gasteiger partial charge >= 0.3 is 0 Å². The molecule has 0 bridgehead atoms.